The molecule has 0 saturated carbocycles. The van der Waals surface area contributed by atoms with Crippen molar-refractivity contribution in [2.75, 3.05) is 4.90 Å². The molecule has 10 aromatic rings. The van der Waals surface area contributed by atoms with Gasteiger partial charge in [-0.2, -0.15) is 0 Å². The molecule has 0 spiro atoms. The molecule has 0 radical (unpaired) electrons. The highest BCUT2D eigenvalue weighted by Gasteiger charge is 2.19. The van der Waals surface area contributed by atoms with E-state index in [1.54, 1.807) is 0 Å². The molecule has 0 unspecified atom stereocenters. The molecule has 1 nitrogen and oxygen atoms in total. The van der Waals surface area contributed by atoms with Crippen molar-refractivity contribution in [3.8, 4) is 44.5 Å². The maximum absolute atomic E-state index is 2.42. The molecule has 2 heteroatoms. The van der Waals surface area contributed by atoms with Crippen molar-refractivity contribution in [2.45, 2.75) is 0 Å². The first-order valence-corrected chi connectivity index (χ1v) is 19.2. The Bertz CT molecular complexity index is 2900. The first-order valence-electron chi connectivity index (χ1n) is 18.4. The number of hydrogen-bond donors (Lipinski definition) is 0. The number of hydrogen-bond acceptors (Lipinski definition) is 2. The van der Waals surface area contributed by atoms with Gasteiger partial charge in [0, 0.05) is 31.5 Å². The van der Waals surface area contributed by atoms with Crippen LogP contribution in [-0.2, 0) is 0 Å². The van der Waals surface area contributed by atoms with Gasteiger partial charge in [0.15, 0.2) is 0 Å². The standard InChI is InChI=1S/C52H35NS/c1-3-13-37(14-4-1)46-34-29-41(35-48(46)39-15-5-2-6-16-39)36-25-30-42(31-26-36)53(49-22-12-24-51-52(49)47-20-9-10-23-50(47)54-51)43-32-27-40(28-33-43)45-21-11-18-38-17-7-8-19-44(38)45/h1-35H. The molecule has 54 heavy (non-hydrogen) atoms. The Labute approximate surface area is 319 Å². The molecule has 0 amide bonds. The van der Waals surface area contributed by atoms with Gasteiger partial charge in [0.2, 0.25) is 0 Å². The van der Waals surface area contributed by atoms with Gasteiger partial charge in [-0.1, -0.05) is 164 Å². The molecular formula is C52H35NS. The molecule has 0 saturated heterocycles. The van der Waals surface area contributed by atoms with Crippen LogP contribution in [0, 0.1) is 0 Å². The van der Waals surface area contributed by atoms with Crippen LogP contribution in [-0.4, -0.2) is 0 Å². The van der Waals surface area contributed by atoms with E-state index in [1.165, 1.54) is 81.1 Å². The zero-order valence-corrected chi connectivity index (χ0v) is 30.4. The minimum absolute atomic E-state index is 1.11. The van der Waals surface area contributed by atoms with E-state index in [2.05, 4.69) is 217 Å². The largest absolute Gasteiger partial charge is 0.310 e. The third-order valence-electron chi connectivity index (χ3n) is 10.5. The topological polar surface area (TPSA) is 3.24 Å². The number of thiophene rings is 1. The first kappa shape index (κ1) is 32.0. The average molecular weight is 706 g/mol. The van der Waals surface area contributed by atoms with Crippen molar-refractivity contribution in [2.24, 2.45) is 0 Å². The van der Waals surface area contributed by atoms with E-state index < -0.39 is 0 Å². The lowest BCUT2D eigenvalue weighted by atomic mass is 9.91. The maximum atomic E-state index is 2.42. The summed E-state index contributed by atoms with van der Waals surface area (Å²) in [6.07, 6.45) is 0. The van der Waals surface area contributed by atoms with Crippen LogP contribution in [0.15, 0.2) is 212 Å². The molecule has 1 aromatic heterocycles. The highest BCUT2D eigenvalue weighted by atomic mass is 32.1. The van der Waals surface area contributed by atoms with E-state index in [0.29, 0.717) is 0 Å². The first-order chi connectivity index (χ1) is 26.8. The van der Waals surface area contributed by atoms with Gasteiger partial charge in [-0.3, -0.25) is 0 Å². The van der Waals surface area contributed by atoms with Gasteiger partial charge in [0.1, 0.15) is 0 Å². The van der Waals surface area contributed by atoms with Crippen LogP contribution in [0.2, 0.25) is 0 Å². The summed E-state index contributed by atoms with van der Waals surface area (Å²) in [6.45, 7) is 0. The van der Waals surface area contributed by atoms with Crippen LogP contribution in [0.4, 0.5) is 17.1 Å². The predicted octanol–water partition coefficient (Wildman–Crippen LogP) is 15.3. The van der Waals surface area contributed by atoms with Crippen molar-refractivity contribution in [1.29, 1.82) is 0 Å². The highest BCUT2D eigenvalue weighted by molar-refractivity contribution is 7.26. The van der Waals surface area contributed by atoms with E-state index in [1.807, 2.05) is 11.3 Å². The minimum Gasteiger partial charge on any atom is -0.310 e. The second-order valence-electron chi connectivity index (χ2n) is 13.7. The summed E-state index contributed by atoms with van der Waals surface area (Å²) in [5.74, 6) is 0. The number of rotatable bonds is 7. The fourth-order valence-corrected chi connectivity index (χ4v) is 9.02. The van der Waals surface area contributed by atoms with Crippen molar-refractivity contribution < 1.29 is 0 Å². The molecule has 0 N–H and O–H groups in total. The van der Waals surface area contributed by atoms with Crippen LogP contribution in [0.3, 0.4) is 0 Å². The summed E-state index contributed by atoms with van der Waals surface area (Å²) >= 11 is 1.86. The highest BCUT2D eigenvalue weighted by Crippen LogP contribution is 2.46. The van der Waals surface area contributed by atoms with Gasteiger partial charge in [0.25, 0.3) is 0 Å². The zero-order valence-electron chi connectivity index (χ0n) is 29.6. The number of anilines is 3. The maximum Gasteiger partial charge on any atom is 0.0554 e. The number of benzene rings is 9. The lowest BCUT2D eigenvalue weighted by molar-refractivity contribution is 1.30. The second-order valence-corrected chi connectivity index (χ2v) is 14.8. The van der Waals surface area contributed by atoms with Crippen molar-refractivity contribution in [3.63, 3.8) is 0 Å². The van der Waals surface area contributed by atoms with Gasteiger partial charge in [-0.05, 0) is 104 Å². The van der Waals surface area contributed by atoms with Gasteiger partial charge in [-0.15, -0.1) is 11.3 Å². The molecule has 0 fully saturated rings. The monoisotopic (exact) mass is 705 g/mol. The van der Waals surface area contributed by atoms with E-state index >= 15 is 0 Å². The second kappa shape index (κ2) is 13.7. The minimum atomic E-state index is 1.11. The Morgan fingerprint density at radius 1 is 0.315 bits per heavy atom. The zero-order chi connectivity index (χ0) is 35.8. The number of fused-ring (bicyclic) bond motifs is 4. The summed E-state index contributed by atoms with van der Waals surface area (Å²) in [6, 6.07) is 77.1. The molecule has 0 aliphatic rings. The molecule has 0 aliphatic heterocycles. The van der Waals surface area contributed by atoms with E-state index in [-0.39, 0.29) is 0 Å². The van der Waals surface area contributed by atoms with Crippen LogP contribution in [0.5, 0.6) is 0 Å². The Balaban J connectivity index is 1.09. The molecule has 0 atom stereocenters. The van der Waals surface area contributed by atoms with Crippen molar-refractivity contribution in [3.05, 3.63) is 212 Å². The van der Waals surface area contributed by atoms with E-state index in [9.17, 15) is 0 Å². The van der Waals surface area contributed by atoms with Gasteiger partial charge < -0.3 is 4.90 Å². The molecule has 10 rings (SSSR count). The third-order valence-corrected chi connectivity index (χ3v) is 11.6. The molecule has 1 heterocycles. The summed E-state index contributed by atoms with van der Waals surface area (Å²) in [5.41, 5.74) is 13.1. The Hall–Kier alpha value is -6.74. The molecular weight excluding hydrogens is 671 g/mol. The van der Waals surface area contributed by atoms with Crippen LogP contribution in [0.1, 0.15) is 0 Å². The van der Waals surface area contributed by atoms with Crippen molar-refractivity contribution >= 4 is 59.3 Å². The third kappa shape index (κ3) is 5.74. The van der Waals surface area contributed by atoms with Crippen LogP contribution in [0.25, 0.3) is 75.5 Å². The van der Waals surface area contributed by atoms with Crippen molar-refractivity contribution in [1.82, 2.24) is 0 Å². The summed E-state index contributed by atoms with van der Waals surface area (Å²) in [5, 5.41) is 5.09. The molecule has 0 bridgehead atoms. The summed E-state index contributed by atoms with van der Waals surface area (Å²) in [7, 11) is 0. The Morgan fingerprint density at radius 3 is 1.59 bits per heavy atom. The smallest absolute Gasteiger partial charge is 0.0554 e. The lowest BCUT2D eigenvalue weighted by Crippen LogP contribution is -2.10. The lowest BCUT2D eigenvalue weighted by Gasteiger charge is -2.27. The normalized spacial score (nSPS) is 11.3. The Kier molecular flexibility index (Phi) is 8.09. The Morgan fingerprint density at radius 2 is 0.852 bits per heavy atom. The molecule has 254 valence electrons. The van der Waals surface area contributed by atoms with Gasteiger partial charge in [0.05, 0.1) is 5.69 Å². The fraction of sp³-hybridized carbons (Fsp3) is 0. The van der Waals surface area contributed by atoms with Crippen LogP contribution < -0.4 is 4.90 Å². The molecule has 9 aromatic carbocycles. The van der Waals surface area contributed by atoms with Gasteiger partial charge >= 0.3 is 0 Å². The summed E-state index contributed by atoms with van der Waals surface area (Å²) < 4.78 is 2.59. The average Bonchev–Trinajstić information content (AvgIpc) is 3.64. The van der Waals surface area contributed by atoms with E-state index in [4.69, 9.17) is 0 Å². The predicted molar refractivity (Wildman–Crippen MR) is 233 cm³/mol. The quantitative estimate of drug-likeness (QED) is 0.160. The molecule has 0 aliphatic carbocycles. The SMILES string of the molecule is c1ccc(-c2ccc(-c3ccc(N(c4ccc(-c5cccc6ccccc56)cc4)c4cccc5sc6ccccc6c45)cc3)cc2-c2ccccc2)cc1. The van der Waals surface area contributed by atoms with Crippen LogP contribution >= 0.6 is 11.3 Å². The fourth-order valence-electron chi connectivity index (χ4n) is 7.89. The van der Waals surface area contributed by atoms with E-state index in [0.717, 1.165) is 11.4 Å². The van der Waals surface area contributed by atoms with Gasteiger partial charge in [-0.25, -0.2) is 0 Å². The number of nitrogens with zero attached hydrogens (tertiary/aromatic N) is 1. The summed E-state index contributed by atoms with van der Waals surface area (Å²) in [4.78, 5) is 2.42.